The van der Waals surface area contributed by atoms with Gasteiger partial charge in [0.05, 0.1) is 27.4 Å². The summed E-state index contributed by atoms with van der Waals surface area (Å²) in [5, 5.41) is -1.82. The number of hydrogen-bond donors (Lipinski definition) is 0. The van der Waals surface area contributed by atoms with E-state index < -0.39 is 176 Å². The Kier molecular flexibility index (Phi) is 3.29. The fourth-order valence-corrected chi connectivity index (χ4v) is 5.90. The van der Waals surface area contributed by atoms with Crippen LogP contribution in [0.4, 0.5) is 0 Å². The molecular formula is C46H30O. The molecular weight excluding hydrogens is 569 g/mol. The predicted molar refractivity (Wildman–Crippen MR) is 198 cm³/mol. The van der Waals surface area contributed by atoms with Crippen molar-refractivity contribution in [2.75, 3.05) is 0 Å². The van der Waals surface area contributed by atoms with E-state index in [-0.39, 0.29) is 33.0 Å². The lowest BCUT2D eigenvalue weighted by atomic mass is 9.84. The van der Waals surface area contributed by atoms with E-state index in [2.05, 4.69) is 0 Å². The first-order valence-corrected chi connectivity index (χ1v) is 14.5. The molecule has 1 aromatic heterocycles. The minimum atomic E-state index is -0.848. The molecule has 47 heavy (non-hydrogen) atoms. The first kappa shape index (κ1) is 13.7. The standard InChI is InChI=1S/C46H30O/c1-4-16-31(17-5-1)34-28-29-42-41(30-34)45(46(47-42)40-27-15-10-22-35(40)32-18-6-2-7-19-32)44-38-25-13-11-23-36(38)43(33-20-8-3-9-21-33)37-24-12-14-26-39(37)44/h1-30H/i1D,4D,5D,10D,11D,12D,13D,14D,15D,16D,17D,22D,23D,24D,25D,26D,27D,28D,29D,30D. The third kappa shape index (κ3) is 4.56. The van der Waals surface area contributed by atoms with Crippen LogP contribution in [0.2, 0.25) is 0 Å². The van der Waals surface area contributed by atoms with Gasteiger partial charge in [-0.3, -0.25) is 0 Å². The molecule has 8 aromatic carbocycles. The Labute approximate surface area is 302 Å². The first-order chi connectivity index (χ1) is 31.7. The van der Waals surface area contributed by atoms with Crippen molar-refractivity contribution in [3.05, 3.63) is 182 Å². The van der Waals surface area contributed by atoms with Crippen molar-refractivity contribution in [3.8, 4) is 55.8 Å². The maximum Gasteiger partial charge on any atom is 0.143 e. The minimum Gasteiger partial charge on any atom is -0.455 e. The van der Waals surface area contributed by atoms with Gasteiger partial charge in [-0.2, -0.15) is 0 Å². The molecule has 0 aliphatic heterocycles. The molecule has 1 heteroatoms. The number of hydrogen-bond acceptors (Lipinski definition) is 1. The van der Waals surface area contributed by atoms with E-state index in [4.69, 9.17) is 19.5 Å². The minimum absolute atomic E-state index is 0.0326. The van der Waals surface area contributed by atoms with Crippen LogP contribution >= 0.6 is 0 Å². The van der Waals surface area contributed by atoms with Gasteiger partial charge in [-0.05, 0) is 67.0 Å². The summed E-state index contributed by atoms with van der Waals surface area (Å²) in [6, 6.07) is 0.809. The molecule has 0 saturated carbocycles. The fraction of sp³-hybridized carbons (Fsp3) is 0. The van der Waals surface area contributed by atoms with Gasteiger partial charge >= 0.3 is 0 Å². The van der Waals surface area contributed by atoms with Crippen LogP contribution in [0.15, 0.2) is 186 Å². The molecule has 0 fully saturated rings. The van der Waals surface area contributed by atoms with Gasteiger partial charge in [-0.1, -0.05) is 169 Å². The van der Waals surface area contributed by atoms with Crippen LogP contribution in [0, 0.1) is 0 Å². The fourth-order valence-electron chi connectivity index (χ4n) is 5.90. The SMILES string of the molecule is [2H]c1c([2H])c([2H])c(-c2c([2H])c([2H])c3oc(-c4c([2H])c([2H])c([2H])c([2H])c4-c4ccccc4)c(-c4c5c([2H])c([2H])c([2H])c([2H])c5c(-c5ccccc5)c5c([2H])c([2H])c([2H])c([2H])c45)c3c2[2H])c([2H])c1[2H]. The molecule has 9 aromatic rings. The topological polar surface area (TPSA) is 13.1 Å². The van der Waals surface area contributed by atoms with Crippen LogP contribution in [0.1, 0.15) is 27.4 Å². The molecule has 1 nitrogen and oxygen atoms in total. The summed E-state index contributed by atoms with van der Waals surface area (Å²) in [4.78, 5) is 0. The Bertz CT molecular complexity index is 3570. The zero-order valence-electron chi connectivity index (χ0n) is 44.2. The molecule has 0 aliphatic carbocycles. The highest BCUT2D eigenvalue weighted by molar-refractivity contribution is 6.25. The summed E-state index contributed by atoms with van der Waals surface area (Å²) in [6.45, 7) is 0. The average Bonchev–Trinajstić information content (AvgIpc) is 3.72. The molecule has 0 saturated heterocycles. The second kappa shape index (κ2) is 11.3. The van der Waals surface area contributed by atoms with Crippen LogP contribution in [-0.2, 0) is 0 Å². The second-order valence-electron chi connectivity index (χ2n) is 10.5. The molecule has 0 bridgehead atoms. The summed E-state index contributed by atoms with van der Waals surface area (Å²) in [6.07, 6.45) is 0. The molecule has 0 aliphatic rings. The molecule has 0 N–H and O–H groups in total. The van der Waals surface area contributed by atoms with Gasteiger partial charge in [0.15, 0.2) is 0 Å². The highest BCUT2D eigenvalue weighted by Gasteiger charge is 2.25. The molecule has 1 heterocycles. The van der Waals surface area contributed by atoms with Crippen LogP contribution in [0.5, 0.6) is 0 Å². The van der Waals surface area contributed by atoms with Crippen LogP contribution in [0.3, 0.4) is 0 Å². The summed E-state index contributed by atoms with van der Waals surface area (Å²) >= 11 is 0. The van der Waals surface area contributed by atoms with Crippen LogP contribution < -0.4 is 0 Å². The number of benzene rings is 8. The Morgan fingerprint density at radius 2 is 0.894 bits per heavy atom. The smallest absolute Gasteiger partial charge is 0.143 e. The zero-order chi connectivity index (χ0) is 48.6. The molecule has 220 valence electrons. The monoisotopic (exact) mass is 618 g/mol. The van der Waals surface area contributed by atoms with E-state index >= 15 is 0 Å². The summed E-state index contributed by atoms with van der Waals surface area (Å²) in [7, 11) is 0. The van der Waals surface area contributed by atoms with Gasteiger partial charge in [0.2, 0.25) is 0 Å². The predicted octanol–water partition coefficient (Wildman–Crippen LogP) is 13.1. The van der Waals surface area contributed by atoms with Crippen molar-refractivity contribution in [2.45, 2.75) is 0 Å². The molecule has 0 spiro atoms. The maximum absolute atomic E-state index is 9.94. The lowest BCUT2D eigenvalue weighted by Crippen LogP contribution is -1.92. The molecule has 0 unspecified atom stereocenters. The Hall–Kier alpha value is -6.18. The molecule has 0 radical (unpaired) electrons. The van der Waals surface area contributed by atoms with Gasteiger partial charge < -0.3 is 4.42 Å². The summed E-state index contributed by atoms with van der Waals surface area (Å²) < 4.78 is 188. The highest BCUT2D eigenvalue weighted by Crippen LogP contribution is 2.51. The van der Waals surface area contributed by atoms with E-state index in [1.807, 2.05) is 0 Å². The van der Waals surface area contributed by atoms with Crippen molar-refractivity contribution >= 4 is 32.5 Å². The zero-order valence-corrected chi connectivity index (χ0v) is 24.2. The van der Waals surface area contributed by atoms with Gasteiger partial charge in [0.1, 0.15) is 11.3 Å². The molecule has 0 amide bonds. The van der Waals surface area contributed by atoms with Crippen molar-refractivity contribution in [3.63, 3.8) is 0 Å². The van der Waals surface area contributed by atoms with Gasteiger partial charge in [-0.15, -0.1) is 0 Å². The second-order valence-corrected chi connectivity index (χ2v) is 10.5. The average molecular weight is 619 g/mol. The number of fused-ring (bicyclic) bond motifs is 3. The lowest BCUT2D eigenvalue weighted by Gasteiger charge is -2.18. The molecule has 0 atom stereocenters. The third-order valence-electron chi connectivity index (χ3n) is 7.87. The largest absolute Gasteiger partial charge is 0.455 e. The van der Waals surface area contributed by atoms with E-state index in [9.17, 15) is 12.3 Å². The van der Waals surface area contributed by atoms with Crippen molar-refractivity contribution < 1.29 is 31.8 Å². The van der Waals surface area contributed by atoms with E-state index in [0.29, 0.717) is 0 Å². The number of rotatable bonds is 5. The van der Waals surface area contributed by atoms with Crippen molar-refractivity contribution in [1.29, 1.82) is 0 Å². The Morgan fingerprint density at radius 3 is 1.53 bits per heavy atom. The Morgan fingerprint density at radius 1 is 0.362 bits per heavy atom. The molecule has 9 rings (SSSR count). The van der Waals surface area contributed by atoms with Gasteiger partial charge in [0.25, 0.3) is 0 Å². The quantitative estimate of drug-likeness (QED) is 0.175. The Balaban J connectivity index is 1.69. The first-order valence-electron chi connectivity index (χ1n) is 24.5. The maximum atomic E-state index is 9.94. The van der Waals surface area contributed by atoms with Crippen molar-refractivity contribution in [1.82, 2.24) is 0 Å². The van der Waals surface area contributed by atoms with Gasteiger partial charge in [-0.25, -0.2) is 0 Å². The van der Waals surface area contributed by atoms with E-state index in [1.165, 1.54) is 12.1 Å². The lowest BCUT2D eigenvalue weighted by molar-refractivity contribution is 0.633. The third-order valence-corrected chi connectivity index (χ3v) is 7.87. The summed E-state index contributed by atoms with van der Waals surface area (Å²) in [5.74, 6) is -0.574. The van der Waals surface area contributed by atoms with E-state index in [1.54, 1.807) is 48.5 Å². The summed E-state index contributed by atoms with van der Waals surface area (Å²) in [5.41, 5.74) is -2.99. The number of furan rings is 1. The van der Waals surface area contributed by atoms with Crippen LogP contribution in [0.25, 0.3) is 88.3 Å². The van der Waals surface area contributed by atoms with Crippen molar-refractivity contribution in [2.24, 2.45) is 0 Å². The highest BCUT2D eigenvalue weighted by atomic mass is 16.3. The van der Waals surface area contributed by atoms with E-state index in [0.717, 1.165) is 0 Å². The van der Waals surface area contributed by atoms with Gasteiger partial charge in [0, 0.05) is 22.1 Å². The normalized spacial score (nSPS) is 17.4. The van der Waals surface area contributed by atoms with Crippen LogP contribution in [-0.4, -0.2) is 0 Å².